The number of aliphatic carboxylic acids is 1. The molecule has 0 unspecified atom stereocenters. The van der Waals surface area contributed by atoms with Gasteiger partial charge in [0.2, 0.25) is 0 Å². The Labute approximate surface area is 78.6 Å². The number of likely N-dealkylation sites (N-methyl/N-ethyl adjacent to an activating group) is 1. The summed E-state index contributed by atoms with van der Waals surface area (Å²) in [5, 5.41) is 8.28. The van der Waals surface area contributed by atoms with Crippen LogP contribution in [-0.2, 0) is 4.79 Å². The first kappa shape index (κ1) is 17.2. The zero-order chi connectivity index (χ0) is 7.44. The number of hydrogen-bond donors (Lipinski definition) is 2. The van der Waals surface area contributed by atoms with Gasteiger partial charge in [-0.1, -0.05) is 0 Å². The average molecular weight is 205 g/mol. The number of halogens is 2. The van der Waals surface area contributed by atoms with E-state index in [9.17, 15) is 4.79 Å². The SMILES string of the molecule is CN(C)C[C@@H](N)C(=O)O.Cl.Cl. The van der Waals surface area contributed by atoms with Gasteiger partial charge < -0.3 is 15.7 Å². The van der Waals surface area contributed by atoms with Crippen molar-refractivity contribution in [2.75, 3.05) is 20.6 Å². The molecule has 6 heteroatoms. The number of carboxylic acids is 1. The van der Waals surface area contributed by atoms with E-state index in [0.717, 1.165) is 0 Å². The van der Waals surface area contributed by atoms with Crippen molar-refractivity contribution < 1.29 is 9.90 Å². The third-order valence-corrected chi connectivity index (χ3v) is 0.879. The Morgan fingerprint density at radius 3 is 2.00 bits per heavy atom. The standard InChI is InChI=1S/C5H12N2O2.2ClH/c1-7(2)3-4(6)5(8)9;;/h4H,3,6H2,1-2H3,(H,8,9);2*1H/t4-;;/m1../s1. The van der Waals surface area contributed by atoms with Crippen LogP contribution in [0.2, 0.25) is 0 Å². The highest BCUT2D eigenvalue weighted by atomic mass is 35.5. The van der Waals surface area contributed by atoms with Gasteiger partial charge >= 0.3 is 5.97 Å². The molecule has 0 spiro atoms. The molecule has 3 N–H and O–H groups in total. The van der Waals surface area contributed by atoms with E-state index in [1.54, 1.807) is 19.0 Å². The minimum atomic E-state index is -0.955. The molecule has 0 aromatic heterocycles. The lowest BCUT2D eigenvalue weighted by atomic mass is 10.3. The molecule has 0 saturated carbocycles. The van der Waals surface area contributed by atoms with Gasteiger partial charge in [-0.05, 0) is 14.1 Å². The summed E-state index contributed by atoms with van der Waals surface area (Å²) in [6, 6.07) is -0.764. The lowest BCUT2D eigenvalue weighted by Gasteiger charge is -2.11. The first-order valence-electron chi connectivity index (χ1n) is 2.67. The van der Waals surface area contributed by atoms with Crippen molar-refractivity contribution in [2.45, 2.75) is 6.04 Å². The Hall–Kier alpha value is -0.0300. The summed E-state index contributed by atoms with van der Waals surface area (Å²) < 4.78 is 0. The maximum absolute atomic E-state index is 10.1. The molecule has 0 radical (unpaired) electrons. The molecule has 0 rings (SSSR count). The van der Waals surface area contributed by atoms with Gasteiger partial charge in [0.25, 0.3) is 0 Å². The highest BCUT2D eigenvalue weighted by Gasteiger charge is 2.10. The van der Waals surface area contributed by atoms with Crippen LogP contribution in [0.1, 0.15) is 0 Å². The molecule has 70 valence electrons. The minimum Gasteiger partial charge on any atom is -0.480 e. The van der Waals surface area contributed by atoms with Crippen molar-refractivity contribution in [1.29, 1.82) is 0 Å². The van der Waals surface area contributed by atoms with E-state index in [1.165, 1.54) is 0 Å². The number of rotatable bonds is 3. The smallest absolute Gasteiger partial charge is 0.321 e. The molecule has 11 heavy (non-hydrogen) atoms. The zero-order valence-corrected chi connectivity index (χ0v) is 8.11. The maximum Gasteiger partial charge on any atom is 0.321 e. The van der Waals surface area contributed by atoms with E-state index >= 15 is 0 Å². The zero-order valence-electron chi connectivity index (χ0n) is 6.48. The molecule has 1 atom stereocenters. The summed E-state index contributed by atoms with van der Waals surface area (Å²) in [5.74, 6) is -0.955. The van der Waals surface area contributed by atoms with Crippen molar-refractivity contribution in [3.05, 3.63) is 0 Å². The van der Waals surface area contributed by atoms with Crippen LogP contribution >= 0.6 is 24.8 Å². The topological polar surface area (TPSA) is 66.6 Å². The van der Waals surface area contributed by atoms with E-state index in [0.29, 0.717) is 6.54 Å². The van der Waals surface area contributed by atoms with Crippen LogP contribution in [-0.4, -0.2) is 42.7 Å². The van der Waals surface area contributed by atoms with Gasteiger partial charge in [-0.25, -0.2) is 0 Å². The van der Waals surface area contributed by atoms with Crippen LogP contribution < -0.4 is 5.73 Å². The second kappa shape index (κ2) is 8.07. The molecular weight excluding hydrogens is 191 g/mol. The second-order valence-corrected chi connectivity index (χ2v) is 2.21. The van der Waals surface area contributed by atoms with Crippen molar-refractivity contribution in [3.8, 4) is 0 Å². The Kier molecular flexibility index (Phi) is 12.6. The molecule has 0 aromatic carbocycles. The number of hydrogen-bond acceptors (Lipinski definition) is 3. The fraction of sp³-hybridized carbons (Fsp3) is 0.800. The van der Waals surface area contributed by atoms with E-state index in [4.69, 9.17) is 10.8 Å². The first-order valence-corrected chi connectivity index (χ1v) is 2.67. The number of nitrogens with two attached hydrogens (primary N) is 1. The summed E-state index contributed by atoms with van der Waals surface area (Å²) in [5.41, 5.74) is 5.18. The summed E-state index contributed by atoms with van der Waals surface area (Å²) in [6.45, 7) is 0.384. The second-order valence-electron chi connectivity index (χ2n) is 2.21. The molecule has 0 aliphatic heterocycles. The largest absolute Gasteiger partial charge is 0.480 e. The monoisotopic (exact) mass is 204 g/mol. The molecule has 0 saturated heterocycles. The highest BCUT2D eigenvalue weighted by molar-refractivity contribution is 5.85. The van der Waals surface area contributed by atoms with Crippen LogP contribution in [0.15, 0.2) is 0 Å². The Morgan fingerprint density at radius 2 is 1.91 bits per heavy atom. The molecule has 0 aliphatic carbocycles. The number of carboxylic acid groups (broad SMARTS) is 1. The van der Waals surface area contributed by atoms with Gasteiger partial charge in [0.15, 0.2) is 0 Å². The van der Waals surface area contributed by atoms with Gasteiger partial charge in [0.1, 0.15) is 6.04 Å². The van der Waals surface area contributed by atoms with Crippen LogP contribution in [0.4, 0.5) is 0 Å². The van der Waals surface area contributed by atoms with Gasteiger partial charge in [0, 0.05) is 6.54 Å². The first-order chi connectivity index (χ1) is 4.04. The third-order valence-electron chi connectivity index (χ3n) is 0.879. The summed E-state index contributed by atoms with van der Waals surface area (Å²) in [4.78, 5) is 11.8. The van der Waals surface area contributed by atoms with Crippen LogP contribution in [0, 0.1) is 0 Å². The van der Waals surface area contributed by atoms with Crippen LogP contribution in [0.25, 0.3) is 0 Å². The van der Waals surface area contributed by atoms with Crippen molar-refractivity contribution >= 4 is 30.8 Å². The average Bonchev–Trinajstić information content (AvgIpc) is 1.63. The minimum absolute atomic E-state index is 0. The molecular formula is C5H14Cl2N2O2. The van der Waals surface area contributed by atoms with Crippen molar-refractivity contribution in [2.24, 2.45) is 5.73 Å². The lowest BCUT2D eigenvalue weighted by Crippen LogP contribution is -2.39. The molecule has 4 nitrogen and oxygen atoms in total. The summed E-state index contributed by atoms with van der Waals surface area (Å²) in [7, 11) is 3.56. The summed E-state index contributed by atoms with van der Waals surface area (Å²) in [6.07, 6.45) is 0. The van der Waals surface area contributed by atoms with Gasteiger partial charge in [-0.15, -0.1) is 24.8 Å². The number of nitrogens with zero attached hydrogens (tertiary/aromatic N) is 1. The number of carbonyl (C=O) groups is 1. The molecule has 0 fully saturated rings. The predicted molar refractivity (Wildman–Crippen MR) is 48.7 cm³/mol. The molecule has 0 aliphatic rings. The highest BCUT2D eigenvalue weighted by Crippen LogP contribution is 1.80. The molecule has 0 heterocycles. The fourth-order valence-corrected chi connectivity index (χ4v) is 0.471. The van der Waals surface area contributed by atoms with E-state index < -0.39 is 12.0 Å². The van der Waals surface area contributed by atoms with E-state index in [-0.39, 0.29) is 24.8 Å². The van der Waals surface area contributed by atoms with E-state index in [1.807, 2.05) is 0 Å². The molecule has 0 amide bonds. The van der Waals surface area contributed by atoms with Crippen LogP contribution in [0.3, 0.4) is 0 Å². The maximum atomic E-state index is 10.1. The van der Waals surface area contributed by atoms with Gasteiger partial charge in [-0.3, -0.25) is 4.79 Å². The van der Waals surface area contributed by atoms with Gasteiger partial charge in [0.05, 0.1) is 0 Å². The third kappa shape index (κ3) is 9.97. The quantitative estimate of drug-likeness (QED) is 0.669. The molecule has 0 bridgehead atoms. The van der Waals surface area contributed by atoms with Crippen LogP contribution in [0.5, 0.6) is 0 Å². The van der Waals surface area contributed by atoms with Crippen molar-refractivity contribution in [1.82, 2.24) is 4.90 Å². The fourth-order valence-electron chi connectivity index (χ4n) is 0.471. The van der Waals surface area contributed by atoms with E-state index in [2.05, 4.69) is 0 Å². The summed E-state index contributed by atoms with van der Waals surface area (Å²) >= 11 is 0. The molecule has 0 aromatic rings. The van der Waals surface area contributed by atoms with Gasteiger partial charge in [-0.2, -0.15) is 0 Å². The van der Waals surface area contributed by atoms with Crippen molar-refractivity contribution in [3.63, 3.8) is 0 Å². The Morgan fingerprint density at radius 1 is 1.55 bits per heavy atom. The Balaban J connectivity index is -0.000000320. The lowest BCUT2D eigenvalue weighted by molar-refractivity contribution is -0.138. The predicted octanol–water partition coefficient (Wildman–Crippen LogP) is -0.196. The Bertz CT molecular complexity index is 111. The normalized spacial score (nSPS) is 11.3.